The second kappa shape index (κ2) is 12.3. The number of hydrogen-bond donors (Lipinski definition) is 3. The van der Waals surface area contributed by atoms with E-state index in [0.717, 1.165) is 18.4 Å². The van der Waals surface area contributed by atoms with Crippen molar-refractivity contribution in [1.82, 2.24) is 20.9 Å². The number of aromatic nitrogens is 1. The molecule has 9 heteroatoms. The van der Waals surface area contributed by atoms with E-state index in [-0.39, 0.29) is 41.6 Å². The molecule has 0 unspecified atom stereocenters. The first-order chi connectivity index (χ1) is 14.2. The van der Waals surface area contributed by atoms with E-state index in [2.05, 4.69) is 25.9 Å². The molecule has 1 fully saturated rings. The second-order valence-corrected chi connectivity index (χ2v) is 6.71. The van der Waals surface area contributed by atoms with Gasteiger partial charge in [-0.25, -0.2) is 14.4 Å². The van der Waals surface area contributed by atoms with Crippen LogP contribution in [0.2, 0.25) is 0 Å². The summed E-state index contributed by atoms with van der Waals surface area (Å²) in [6.45, 7) is 4.14. The standard InChI is InChI=1S/C21H26FN5O2.HI/c1-2-23-21(26-12-11-24-19(28)15-8-9-15)27-14-16-5-4-10-25-20(16)29-18-7-3-6-17(22)13-18;/h3-7,10,13,15H,2,8-9,11-12,14H2,1H3,(H,24,28)(H2,23,26,27);1H. The third-order valence-electron chi connectivity index (χ3n) is 4.28. The van der Waals surface area contributed by atoms with Crippen LogP contribution in [0.5, 0.6) is 11.6 Å². The van der Waals surface area contributed by atoms with Crippen molar-refractivity contribution >= 4 is 35.8 Å². The van der Waals surface area contributed by atoms with E-state index in [9.17, 15) is 9.18 Å². The molecule has 1 aromatic carbocycles. The Bertz CT molecular complexity index is 861. The number of benzene rings is 1. The Labute approximate surface area is 192 Å². The minimum absolute atomic E-state index is 0. The Morgan fingerprint density at radius 3 is 2.73 bits per heavy atom. The van der Waals surface area contributed by atoms with Gasteiger partial charge in [0, 0.05) is 43.4 Å². The fraction of sp³-hybridized carbons (Fsp3) is 0.381. The number of ether oxygens (including phenoxy) is 1. The van der Waals surface area contributed by atoms with Crippen molar-refractivity contribution in [3.63, 3.8) is 0 Å². The van der Waals surface area contributed by atoms with Crippen molar-refractivity contribution in [1.29, 1.82) is 0 Å². The van der Waals surface area contributed by atoms with Crippen LogP contribution in [-0.2, 0) is 11.3 Å². The molecule has 2 aromatic rings. The predicted molar refractivity (Wildman–Crippen MR) is 125 cm³/mol. The van der Waals surface area contributed by atoms with Gasteiger partial charge in [0.2, 0.25) is 11.8 Å². The van der Waals surface area contributed by atoms with Crippen molar-refractivity contribution in [3.05, 3.63) is 54.0 Å². The first-order valence-corrected chi connectivity index (χ1v) is 9.83. The van der Waals surface area contributed by atoms with Crippen LogP contribution in [0, 0.1) is 11.7 Å². The van der Waals surface area contributed by atoms with Gasteiger partial charge < -0.3 is 20.7 Å². The van der Waals surface area contributed by atoms with Crippen molar-refractivity contribution < 1.29 is 13.9 Å². The average molecular weight is 527 g/mol. The summed E-state index contributed by atoms with van der Waals surface area (Å²) in [5.41, 5.74) is 0.774. The Morgan fingerprint density at radius 1 is 1.20 bits per heavy atom. The molecule has 0 atom stereocenters. The number of pyridine rings is 1. The van der Waals surface area contributed by atoms with Crippen molar-refractivity contribution in [2.24, 2.45) is 10.9 Å². The summed E-state index contributed by atoms with van der Waals surface area (Å²) in [4.78, 5) is 20.5. The number of nitrogens with one attached hydrogen (secondary N) is 3. The number of rotatable bonds is 9. The van der Waals surface area contributed by atoms with Gasteiger partial charge in [0.25, 0.3) is 0 Å². The zero-order valence-electron chi connectivity index (χ0n) is 16.9. The predicted octanol–water partition coefficient (Wildman–Crippen LogP) is 3.21. The summed E-state index contributed by atoms with van der Waals surface area (Å²) in [5, 5.41) is 9.28. The molecule has 1 amide bonds. The van der Waals surface area contributed by atoms with Gasteiger partial charge in [-0.3, -0.25) is 4.79 Å². The van der Waals surface area contributed by atoms with E-state index in [4.69, 9.17) is 4.74 Å². The van der Waals surface area contributed by atoms with Crippen LogP contribution in [0.25, 0.3) is 0 Å². The molecular formula is C21H27FIN5O2. The lowest BCUT2D eigenvalue weighted by Crippen LogP contribution is -2.41. The van der Waals surface area contributed by atoms with Crippen LogP contribution in [0.1, 0.15) is 25.3 Å². The molecule has 0 saturated heterocycles. The number of carbonyl (C=O) groups excluding carboxylic acids is 1. The van der Waals surface area contributed by atoms with E-state index >= 15 is 0 Å². The minimum atomic E-state index is -0.370. The van der Waals surface area contributed by atoms with Gasteiger partial charge >= 0.3 is 0 Å². The summed E-state index contributed by atoms with van der Waals surface area (Å²) in [6.07, 6.45) is 3.61. The topological polar surface area (TPSA) is 87.6 Å². The molecule has 0 spiro atoms. The highest BCUT2D eigenvalue weighted by Gasteiger charge is 2.28. The second-order valence-electron chi connectivity index (χ2n) is 6.71. The summed E-state index contributed by atoms with van der Waals surface area (Å²) >= 11 is 0. The molecule has 0 radical (unpaired) electrons. The smallest absolute Gasteiger partial charge is 0.224 e. The maximum absolute atomic E-state index is 13.4. The molecule has 1 aromatic heterocycles. The first-order valence-electron chi connectivity index (χ1n) is 9.83. The molecule has 3 rings (SSSR count). The van der Waals surface area contributed by atoms with Crippen molar-refractivity contribution in [3.8, 4) is 11.6 Å². The highest BCUT2D eigenvalue weighted by molar-refractivity contribution is 14.0. The third kappa shape index (κ3) is 7.77. The monoisotopic (exact) mass is 527 g/mol. The van der Waals surface area contributed by atoms with Crippen molar-refractivity contribution in [2.45, 2.75) is 26.3 Å². The Kier molecular flexibility index (Phi) is 9.78. The SMILES string of the molecule is CCNC(=NCc1cccnc1Oc1cccc(F)c1)NCCNC(=O)C1CC1.I. The molecule has 0 aliphatic heterocycles. The number of carbonyl (C=O) groups is 1. The Hall–Kier alpha value is -2.43. The van der Waals surface area contributed by atoms with E-state index in [1.807, 2.05) is 13.0 Å². The van der Waals surface area contributed by atoms with Gasteiger partial charge in [0.1, 0.15) is 11.6 Å². The maximum Gasteiger partial charge on any atom is 0.224 e. The molecular weight excluding hydrogens is 500 g/mol. The number of guanidine groups is 1. The summed E-state index contributed by atoms with van der Waals surface area (Å²) in [6, 6.07) is 9.59. The molecule has 3 N–H and O–H groups in total. The molecule has 1 heterocycles. The van der Waals surface area contributed by atoms with E-state index < -0.39 is 0 Å². The third-order valence-corrected chi connectivity index (χ3v) is 4.28. The highest BCUT2D eigenvalue weighted by atomic mass is 127. The molecule has 1 aliphatic rings. The average Bonchev–Trinajstić information content (AvgIpc) is 3.55. The van der Waals surface area contributed by atoms with Crippen molar-refractivity contribution in [2.75, 3.05) is 19.6 Å². The number of hydrogen-bond acceptors (Lipinski definition) is 4. The van der Waals surface area contributed by atoms with Crippen LogP contribution in [0.3, 0.4) is 0 Å². The zero-order chi connectivity index (χ0) is 20.5. The molecule has 30 heavy (non-hydrogen) atoms. The Balaban J connectivity index is 0.00000320. The molecule has 1 saturated carbocycles. The Morgan fingerprint density at radius 2 is 2.00 bits per heavy atom. The fourth-order valence-corrected chi connectivity index (χ4v) is 2.64. The minimum Gasteiger partial charge on any atom is -0.439 e. The van der Waals surface area contributed by atoms with E-state index in [0.29, 0.717) is 43.8 Å². The molecule has 1 aliphatic carbocycles. The number of nitrogens with zero attached hydrogens (tertiary/aromatic N) is 2. The molecule has 0 bridgehead atoms. The number of halogens is 2. The van der Waals surface area contributed by atoms with Crippen LogP contribution in [0.15, 0.2) is 47.6 Å². The quantitative estimate of drug-likeness (QED) is 0.202. The number of amides is 1. The van der Waals surface area contributed by atoms with E-state index in [1.165, 1.54) is 12.1 Å². The van der Waals surface area contributed by atoms with Crippen LogP contribution >= 0.6 is 24.0 Å². The summed E-state index contributed by atoms with van der Waals surface area (Å²) in [5.74, 6) is 1.36. The van der Waals surface area contributed by atoms with Gasteiger partial charge in [-0.15, -0.1) is 24.0 Å². The lowest BCUT2D eigenvalue weighted by atomic mass is 10.2. The lowest BCUT2D eigenvalue weighted by molar-refractivity contribution is -0.122. The zero-order valence-corrected chi connectivity index (χ0v) is 19.2. The summed E-state index contributed by atoms with van der Waals surface area (Å²) in [7, 11) is 0. The van der Waals surface area contributed by atoms with Gasteiger partial charge in [0.05, 0.1) is 6.54 Å². The van der Waals surface area contributed by atoms with Gasteiger partial charge in [-0.2, -0.15) is 0 Å². The molecule has 162 valence electrons. The van der Waals surface area contributed by atoms with Gasteiger partial charge in [0.15, 0.2) is 5.96 Å². The number of aliphatic imine (C=N–C) groups is 1. The fourth-order valence-electron chi connectivity index (χ4n) is 2.64. The van der Waals surface area contributed by atoms with Crippen LogP contribution in [-0.4, -0.2) is 36.5 Å². The largest absolute Gasteiger partial charge is 0.439 e. The summed E-state index contributed by atoms with van der Waals surface area (Å²) < 4.78 is 19.1. The van der Waals surface area contributed by atoms with Crippen LogP contribution in [0.4, 0.5) is 4.39 Å². The van der Waals surface area contributed by atoms with E-state index in [1.54, 1.807) is 24.4 Å². The molecule has 7 nitrogen and oxygen atoms in total. The van der Waals surface area contributed by atoms with Gasteiger partial charge in [-0.05, 0) is 38.0 Å². The van der Waals surface area contributed by atoms with Gasteiger partial charge in [-0.1, -0.05) is 12.1 Å². The first kappa shape index (κ1) is 23.8. The lowest BCUT2D eigenvalue weighted by Gasteiger charge is -2.13. The highest BCUT2D eigenvalue weighted by Crippen LogP contribution is 2.28. The normalized spacial score (nSPS) is 13.2. The maximum atomic E-state index is 13.4. The van der Waals surface area contributed by atoms with Crippen LogP contribution < -0.4 is 20.7 Å².